The lowest BCUT2D eigenvalue weighted by molar-refractivity contribution is 0.421. The molecule has 2 rings (SSSR count). The topological polar surface area (TPSA) is 12.0 Å². The smallest absolute Gasteiger partial charge is 0.00645 e. The van der Waals surface area contributed by atoms with Gasteiger partial charge < -0.3 is 5.32 Å². The minimum atomic E-state index is 0.712. The lowest BCUT2D eigenvalue weighted by atomic mass is 9.82. The van der Waals surface area contributed by atoms with Gasteiger partial charge in [-0.15, -0.1) is 0 Å². The molecule has 0 radical (unpaired) electrons. The minimum absolute atomic E-state index is 0.712. The first kappa shape index (κ1) is 13.6. The number of benzene rings is 1. The summed E-state index contributed by atoms with van der Waals surface area (Å²) >= 11 is 0. The van der Waals surface area contributed by atoms with Crippen molar-refractivity contribution in [3.63, 3.8) is 0 Å². The van der Waals surface area contributed by atoms with Crippen LogP contribution in [0.1, 0.15) is 63.0 Å². The van der Waals surface area contributed by atoms with Crippen LogP contribution in [0.15, 0.2) is 24.3 Å². The molecule has 0 saturated carbocycles. The molecule has 1 aromatic rings. The van der Waals surface area contributed by atoms with Gasteiger partial charge in [0.05, 0.1) is 0 Å². The molecule has 0 aromatic heterocycles. The molecule has 2 unspecified atom stereocenters. The highest BCUT2D eigenvalue weighted by Gasteiger charge is 2.20. The average Bonchev–Trinajstić information content (AvgIpc) is 2.43. The zero-order chi connectivity index (χ0) is 12.8. The largest absolute Gasteiger partial charge is 0.313 e. The zero-order valence-electron chi connectivity index (χ0n) is 11.9. The van der Waals surface area contributed by atoms with Gasteiger partial charge in [0, 0.05) is 12.6 Å². The third kappa shape index (κ3) is 3.35. The van der Waals surface area contributed by atoms with Crippen LogP contribution in [0.3, 0.4) is 0 Å². The van der Waals surface area contributed by atoms with E-state index in [0.717, 1.165) is 12.5 Å². The van der Waals surface area contributed by atoms with E-state index in [-0.39, 0.29) is 0 Å². The molecule has 1 heteroatoms. The van der Waals surface area contributed by atoms with Gasteiger partial charge in [-0.25, -0.2) is 0 Å². The highest BCUT2D eigenvalue weighted by atomic mass is 14.9. The third-order valence-corrected chi connectivity index (χ3v) is 4.28. The second kappa shape index (κ2) is 6.94. The monoisotopic (exact) mass is 245 g/mol. The Labute approximate surface area is 112 Å². The maximum Gasteiger partial charge on any atom is 0.00645 e. The van der Waals surface area contributed by atoms with Gasteiger partial charge in [0.2, 0.25) is 0 Å². The van der Waals surface area contributed by atoms with Gasteiger partial charge in [-0.2, -0.15) is 0 Å². The van der Waals surface area contributed by atoms with Gasteiger partial charge in [-0.3, -0.25) is 0 Å². The second-order valence-electron chi connectivity index (χ2n) is 5.59. The SMILES string of the molecule is CCCC(CC)NCC1CCCc2ccccc21. The summed E-state index contributed by atoms with van der Waals surface area (Å²) in [6.45, 7) is 5.73. The number of hydrogen-bond donors (Lipinski definition) is 1. The molecular formula is C17H27N. The van der Waals surface area contributed by atoms with Crippen LogP contribution < -0.4 is 5.32 Å². The molecule has 2 atom stereocenters. The maximum absolute atomic E-state index is 3.78. The Hall–Kier alpha value is -0.820. The molecule has 1 aromatic carbocycles. The van der Waals surface area contributed by atoms with Gasteiger partial charge in [0.25, 0.3) is 0 Å². The van der Waals surface area contributed by atoms with Crippen molar-refractivity contribution >= 4 is 0 Å². The van der Waals surface area contributed by atoms with E-state index < -0.39 is 0 Å². The van der Waals surface area contributed by atoms with E-state index in [0.29, 0.717) is 6.04 Å². The van der Waals surface area contributed by atoms with Crippen LogP contribution in [0, 0.1) is 0 Å². The van der Waals surface area contributed by atoms with E-state index in [2.05, 4.69) is 43.4 Å². The summed E-state index contributed by atoms with van der Waals surface area (Å²) in [5.41, 5.74) is 3.18. The summed E-state index contributed by atoms with van der Waals surface area (Å²) < 4.78 is 0. The van der Waals surface area contributed by atoms with Crippen LogP contribution in [0.25, 0.3) is 0 Å². The third-order valence-electron chi connectivity index (χ3n) is 4.28. The maximum atomic E-state index is 3.78. The molecule has 0 bridgehead atoms. The fraction of sp³-hybridized carbons (Fsp3) is 0.647. The van der Waals surface area contributed by atoms with Crippen molar-refractivity contribution in [3.8, 4) is 0 Å². The first-order valence-electron chi connectivity index (χ1n) is 7.66. The fourth-order valence-corrected chi connectivity index (χ4v) is 3.17. The molecule has 0 amide bonds. The van der Waals surface area contributed by atoms with Gasteiger partial charge >= 0.3 is 0 Å². The molecule has 0 heterocycles. The van der Waals surface area contributed by atoms with Gasteiger partial charge in [0.15, 0.2) is 0 Å². The van der Waals surface area contributed by atoms with Crippen LogP contribution in [0.5, 0.6) is 0 Å². The average molecular weight is 245 g/mol. The van der Waals surface area contributed by atoms with E-state index in [1.807, 2.05) is 0 Å². The summed E-state index contributed by atoms with van der Waals surface area (Å²) in [7, 11) is 0. The summed E-state index contributed by atoms with van der Waals surface area (Å²) in [6, 6.07) is 9.73. The van der Waals surface area contributed by atoms with Crippen molar-refractivity contribution in [2.75, 3.05) is 6.54 Å². The van der Waals surface area contributed by atoms with Crippen molar-refractivity contribution in [2.24, 2.45) is 0 Å². The molecule has 18 heavy (non-hydrogen) atoms. The van der Waals surface area contributed by atoms with Crippen molar-refractivity contribution < 1.29 is 0 Å². The molecule has 100 valence electrons. The lowest BCUT2D eigenvalue weighted by Crippen LogP contribution is -2.33. The molecule has 1 aliphatic rings. The zero-order valence-corrected chi connectivity index (χ0v) is 11.9. The van der Waals surface area contributed by atoms with Crippen LogP contribution in [0.4, 0.5) is 0 Å². The Balaban J connectivity index is 1.94. The predicted molar refractivity (Wildman–Crippen MR) is 79.1 cm³/mol. The van der Waals surface area contributed by atoms with E-state index in [1.54, 1.807) is 11.1 Å². The summed E-state index contributed by atoms with van der Waals surface area (Å²) in [4.78, 5) is 0. The van der Waals surface area contributed by atoms with Crippen molar-refractivity contribution in [3.05, 3.63) is 35.4 Å². The second-order valence-corrected chi connectivity index (χ2v) is 5.59. The molecule has 1 nitrogen and oxygen atoms in total. The first-order chi connectivity index (χ1) is 8.85. The summed E-state index contributed by atoms with van der Waals surface area (Å²) in [5, 5.41) is 3.78. The molecular weight excluding hydrogens is 218 g/mol. The van der Waals surface area contributed by atoms with E-state index in [9.17, 15) is 0 Å². The number of hydrogen-bond acceptors (Lipinski definition) is 1. The van der Waals surface area contributed by atoms with Crippen molar-refractivity contribution in [2.45, 2.75) is 64.3 Å². The van der Waals surface area contributed by atoms with Crippen molar-refractivity contribution in [1.29, 1.82) is 0 Å². The Morgan fingerprint density at radius 2 is 2.11 bits per heavy atom. The fourth-order valence-electron chi connectivity index (χ4n) is 3.17. The Bertz CT molecular complexity index is 358. The lowest BCUT2D eigenvalue weighted by Gasteiger charge is -2.27. The minimum Gasteiger partial charge on any atom is -0.313 e. The van der Waals surface area contributed by atoms with Crippen LogP contribution in [0.2, 0.25) is 0 Å². The Morgan fingerprint density at radius 3 is 2.89 bits per heavy atom. The normalized spacial score (nSPS) is 20.4. The number of rotatable bonds is 6. The molecule has 0 aliphatic heterocycles. The quantitative estimate of drug-likeness (QED) is 0.789. The first-order valence-corrected chi connectivity index (χ1v) is 7.66. The Kier molecular flexibility index (Phi) is 5.25. The Morgan fingerprint density at radius 1 is 1.28 bits per heavy atom. The van der Waals surface area contributed by atoms with Gasteiger partial charge in [-0.1, -0.05) is 44.5 Å². The summed E-state index contributed by atoms with van der Waals surface area (Å²) in [5.74, 6) is 0.737. The van der Waals surface area contributed by atoms with E-state index in [4.69, 9.17) is 0 Å². The van der Waals surface area contributed by atoms with Gasteiger partial charge in [0.1, 0.15) is 0 Å². The molecule has 1 aliphatic carbocycles. The van der Waals surface area contributed by atoms with Crippen molar-refractivity contribution in [1.82, 2.24) is 5.32 Å². The summed E-state index contributed by atoms with van der Waals surface area (Å²) in [6.07, 6.45) is 7.83. The molecule has 1 N–H and O–H groups in total. The standard InChI is InChI=1S/C17H27N/c1-3-8-16(4-2)18-13-15-11-7-10-14-9-5-6-12-17(14)15/h5-6,9,12,15-16,18H,3-4,7-8,10-11,13H2,1-2H3. The predicted octanol–water partition coefficient (Wildman–Crippen LogP) is 4.27. The van der Waals surface area contributed by atoms with E-state index in [1.165, 1.54) is 38.5 Å². The van der Waals surface area contributed by atoms with Crippen LogP contribution in [-0.4, -0.2) is 12.6 Å². The van der Waals surface area contributed by atoms with E-state index >= 15 is 0 Å². The number of fused-ring (bicyclic) bond motifs is 1. The molecule has 0 saturated heterocycles. The molecule has 0 spiro atoms. The number of nitrogens with one attached hydrogen (secondary N) is 1. The van der Waals surface area contributed by atoms with Crippen LogP contribution >= 0.6 is 0 Å². The molecule has 0 fully saturated rings. The van der Waals surface area contributed by atoms with Crippen LogP contribution in [-0.2, 0) is 6.42 Å². The number of aryl methyl sites for hydroxylation is 1. The highest BCUT2D eigenvalue weighted by Crippen LogP contribution is 2.30. The van der Waals surface area contributed by atoms with Gasteiger partial charge in [-0.05, 0) is 49.1 Å². The highest BCUT2D eigenvalue weighted by molar-refractivity contribution is 5.32.